The predicted octanol–water partition coefficient (Wildman–Crippen LogP) is 2.49. The molecule has 0 fully saturated rings. The molecular weight excluding hydrogens is 266 g/mol. The Bertz CT molecular complexity index is 422. The predicted molar refractivity (Wildman–Crippen MR) is 56.7 cm³/mol. The Hall–Kier alpha value is -0.780. The van der Waals surface area contributed by atoms with Crippen LogP contribution in [0.5, 0.6) is 0 Å². The lowest BCUT2D eigenvalue weighted by Crippen LogP contribution is -2.19. The van der Waals surface area contributed by atoms with Crippen LogP contribution in [0.25, 0.3) is 0 Å². The Labute approximate surface area is 99.7 Å². The van der Waals surface area contributed by atoms with E-state index in [2.05, 4.69) is 0 Å². The summed E-state index contributed by atoms with van der Waals surface area (Å²) in [6.07, 6.45) is 2.41. The first-order valence-corrected chi connectivity index (χ1v) is 4.78. The Balaban J connectivity index is 3.26. The smallest absolute Gasteiger partial charge is 0.297 e. The summed E-state index contributed by atoms with van der Waals surface area (Å²) in [4.78, 5) is 21.4. The first-order chi connectivity index (χ1) is 6.73. The molecule has 5 nitrogen and oxygen atoms in total. The highest BCUT2D eigenvalue weighted by Crippen LogP contribution is 2.33. The summed E-state index contributed by atoms with van der Waals surface area (Å²) in [5, 5.41) is 10.6. The lowest BCUT2D eigenvalue weighted by atomic mass is 10.2. The van der Waals surface area contributed by atoms with E-state index in [1.807, 2.05) is 0 Å². The minimum atomic E-state index is -2.19. The topological polar surface area (TPSA) is 65.1 Å². The van der Waals surface area contributed by atoms with Crippen LogP contribution in [0.3, 0.4) is 0 Å². The van der Waals surface area contributed by atoms with Gasteiger partial charge in [-0.3, -0.25) is 14.9 Å². The van der Waals surface area contributed by atoms with Gasteiger partial charge in [-0.25, -0.2) is 0 Å². The van der Waals surface area contributed by atoms with Crippen molar-refractivity contribution in [1.29, 1.82) is 0 Å². The van der Waals surface area contributed by atoms with Gasteiger partial charge in [-0.1, -0.05) is 34.8 Å². The van der Waals surface area contributed by atoms with E-state index in [0.717, 1.165) is 0 Å². The van der Waals surface area contributed by atoms with E-state index in [0.29, 0.717) is 0 Å². The third-order valence-electron chi connectivity index (χ3n) is 1.63. The molecule has 1 aromatic heterocycles. The molecule has 0 radical (unpaired) electrons. The minimum Gasteiger partial charge on any atom is -0.350 e. The average Bonchev–Trinajstić information content (AvgIpc) is 2.44. The maximum absolute atomic E-state index is 11.5. The second kappa shape index (κ2) is 4.00. The quantitative estimate of drug-likeness (QED) is 0.359. The lowest BCUT2D eigenvalue weighted by Gasteiger charge is -2.06. The van der Waals surface area contributed by atoms with E-state index < -0.39 is 14.5 Å². The number of Topliss-reactive ketones (excluding diaryl/α,β-unsaturated/α-hetero) is 1. The molecule has 0 N–H and O–H groups in total. The van der Waals surface area contributed by atoms with Gasteiger partial charge in [0, 0.05) is 13.2 Å². The van der Waals surface area contributed by atoms with Crippen molar-refractivity contribution in [3.63, 3.8) is 0 Å². The van der Waals surface area contributed by atoms with Gasteiger partial charge in [0.2, 0.25) is 5.78 Å². The summed E-state index contributed by atoms with van der Waals surface area (Å²) in [7, 11) is 1.53. The summed E-state index contributed by atoms with van der Waals surface area (Å²) < 4.78 is -0.839. The molecule has 0 aliphatic heterocycles. The molecule has 0 bridgehead atoms. The molecule has 0 aromatic carbocycles. The van der Waals surface area contributed by atoms with Gasteiger partial charge in [0.1, 0.15) is 5.56 Å². The number of alkyl halides is 3. The highest BCUT2D eigenvalue weighted by molar-refractivity contribution is 6.77. The monoisotopic (exact) mass is 270 g/mol. The number of nitrogens with zero attached hydrogens (tertiary/aromatic N) is 2. The molecule has 0 unspecified atom stereocenters. The number of nitro groups is 1. The molecule has 82 valence electrons. The molecule has 0 aliphatic rings. The molecule has 1 heterocycles. The number of ketones is 1. The van der Waals surface area contributed by atoms with Gasteiger partial charge in [0.05, 0.1) is 11.1 Å². The number of rotatable bonds is 2. The van der Waals surface area contributed by atoms with Gasteiger partial charge < -0.3 is 4.57 Å². The van der Waals surface area contributed by atoms with Crippen LogP contribution >= 0.6 is 34.8 Å². The van der Waals surface area contributed by atoms with Crippen molar-refractivity contribution in [3.05, 3.63) is 28.1 Å². The largest absolute Gasteiger partial charge is 0.350 e. The van der Waals surface area contributed by atoms with Gasteiger partial charge in [-0.15, -0.1) is 0 Å². The molecule has 0 spiro atoms. The Morgan fingerprint density at radius 1 is 1.47 bits per heavy atom. The zero-order valence-electron chi connectivity index (χ0n) is 7.41. The first-order valence-electron chi connectivity index (χ1n) is 3.65. The maximum atomic E-state index is 11.5. The first kappa shape index (κ1) is 12.3. The van der Waals surface area contributed by atoms with Crippen LogP contribution in [0.4, 0.5) is 5.69 Å². The van der Waals surface area contributed by atoms with Crippen LogP contribution in [0.15, 0.2) is 12.4 Å². The Kier molecular flexibility index (Phi) is 3.28. The molecule has 1 rings (SSSR count). The molecule has 0 saturated carbocycles. The maximum Gasteiger partial charge on any atom is 0.297 e. The molecule has 0 atom stereocenters. The van der Waals surface area contributed by atoms with Crippen molar-refractivity contribution >= 4 is 46.3 Å². The molecule has 0 amide bonds. The normalized spacial score (nSPS) is 11.5. The van der Waals surface area contributed by atoms with E-state index in [-0.39, 0.29) is 11.3 Å². The van der Waals surface area contributed by atoms with Crippen molar-refractivity contribution in [2.24, 2.45) is 7.05 Å². The van der Waals surface area contributed by atoms with E-state index in [1.54, 1.807) is 0 Å². The highest BCUT2D eigenvalue weighted by atomic mass is 35.6. The summed E-state index contributed by atoms with van der Waals surface area (Å²) in [6, 6.07) is 0. The molecule has 0 saturated heterocycles. The summed E-state index contributed by atoms with van der Waals surface area (Å²) in [6.45, 7) is 0. The van der Waals surface area contributed by atoms with Gasteiger partial charge >= 0.3 is 0 Å². The number of carbonyl (C=O) groups excluding carboxylic acids is 1. The number of aromatic nitrogens is 1. The fourth-order valence-electron chi connectivity index (χ4n) is 1.04. The van der Waals surface area contributed by atoms with Gasteiger partial charge in [0.25, 0.3) is 9.48 Å². The third kappa shape index (κ3) is 2.62. The van der Waals surface area contributed by atoms with Crippen molar-refractivity contribution in [3.8, 4) is 0 Å². The molecule has 0 aliphatic carbocycles. The molecule has 15 heavy (non-hydrogen) atoms. The fourth-order valence-corrected chi connectivity index (χ4v) is 1.35. The van der Waals surface area contributed by atoms with E-state index in [9.17, 15) is 14.9 Å². The third-order valence-corrected chi connectivity index (χ3v) is 2.15. The van der Waals surface area contributed by atoms with Crippen LogP contribution < -0.4 is 0 Å². The fraction of sp³-hybridized carbons (Fsp3) is 0.286. The highest BCUT2D eigenvalue weighted by Gasteiger charge is 2.37. The number of hydrogen-bond acceptors (Lipinski definition) is 3. The molecular formula is C7H5Cl3N2O3. The van der Waals surface area contributed by atoms with Gasteiger partial charge in [-0.2, -0.15) is 0 Å². The summed E-state index contributed by atoms with van der Waals surface area (Å²) in [5.41, 5.74) is -0.601. The average molecular weight is 271 g/mol. The number of halogens is 3. The second-order valence-corrected chi connectivity index (χ2v) is 5.09. The van der Waals surface area contributed by atoms with E-state index >= 15 is 0 Å². The van der Waals surface area contributed by atoms with Crippen LogP contribution in [0.1, 0.15) is 10.4 Å². The van der Waals surface area contributed by atoms with Crippen LogP contribution in [-0.2, 0) is 7.05 Å². The molecule has 8 heteroatoms. The summed E-state index contributed by atoms with van der Waals surface area (Å²) >= 11 is 16.1. The van der Waals surface area contributed by atoms with Crippen molar-refractivity contribution in [2.75, 3.05) is 0 Å². The molecule has 1 aromatic rings. The van der Waals surface area contributed by atoms with E-state index in [1.165, 1.54) is 24.0 Å². The Morgan fingerprint density at radius 3 is 2.40 bits per heavy atom. The van der Waals surface area contributed by atoms with Crippen LogP contribution in [0.2, 0.25) is 0 Å². The van der Waals surface area contributed by atoms with Crippen molar-refractivity contribution < 1.29 is 9.72 Å². The standard InChI is InChI=1S/C7H5Cl3N2O3/c1-11-2-4(5(3-11)12(14)15)6(13)7(8,9)10/h2-3H,1H3. The number of hydrogen-bond donors (Lipinski definition) is 0. The lowest BCUT2D eigenvalue weighted by molar-refractivity contribution is -0.385. The van der Waals surface area contributed by atoms with E-state index in [4.69, 9.17) is 34.8 Å². The second-order valence-electron chi connectivity index (χ2n) is 2.81. The van der Waals surface area contributed by atoms with Crippen LogP contribution in [-0.4, -0.2) is 19.1 Å². The van der Waals surface area contributed by atoms with Crippen molar-refractivity contribution in [2.45, 2.75) is 3.79 Å². The number of carbonyl (C=O) groups is 1. The Morgan fingerprint density at radius 2 is 2.00 bits per heavy atom. The van der Waals surface area contributed by atoms with Gasteiger partial charge in [-0.05, 0) is 0 Å². The van der Waals surface area contributed by atoms with Gasteiger partial charge in [0.15, 0.2) is 0 Å². The van der Waals surface area contributed by atoms with Crippen molar-refractivity contribution in [1.82, 2.24) is 4.57 Å². The van der Waals surface area contributed by atoms with Crippen LogP contribution in [0, 0.1) is 10.1 Å². The zero-order chi connectivity index (χ0) is 11.8. The SMILES string of the molecule is Cn1cc(C(=O)C(Cl)(Cl)Cl)c([N+](=O)[O-])c1. The zero-order valence-corrected chi connectivity index (χ0v) is 9.68. The minimum absolute atomic E-state index is 0.220. The number of aryl methyl sites for hydroxylation is 1. The summed E-state index contributed by atoms with van der Waals surface area (Å²) in [5.74, 6) is -0.917.